The van der Waals surface area contributed by atoms with Gasteiger partial charge in [0, 0.05) is 6.20 Å². The summed E-state index contributed by atoms with van der Waals surface area (Å²) in [6, 6.07) is 0.223. The molecule has 1 aromatic rings. The summed E-state index contributed by atoms with van der Waals surface area (Å²) in [6.45, 7) is 1.62. The molecule has 0 fully saturated rings. The van der Waals surface area contributed by atoms with Crippen molar-refractivity contribution in [2.75, 3.05) is 14.2 Å². The van der Waals surface area contributed by atoms with E-state index in [4.69, 9.17) is 9.47 Å². The van der Waals surface area contributed by atoms with Gasteiger partial charge in [-0.2, -0.15) is 4.98 Å². The Morgan fingerprint density at radius 2 is 2.08 bits per heavy atom. The maximum atomic E-state index is 9.30. The van der Waals surface area contributed by atoms with Crippen LogP contribution in [0.4, 0.5) is 0 Å². The molecule has 5 nitrogen and oxygen atoms in total. The summed E-state index contributed by atoms with van der Waals surface area (Å²) in [5, 5.41) is 9.30. The minimum Gasteiger partial charge on any atom is -0.481 e. The highest BCUT2D eigenvalue weighted by atomic mass is 16.5. The lowest BCUT2D eigenvalue weighted by atomic mass is 10.2. The Balaban J connectivity index is 3.08. The van der Waals surface area contributed by atoms with Crippen LogP contribution in [0.15, 0.2) is 6.20 Å². The number of hydrogen-bond donors (Lipinski definition) is 1. The van der Waals surface area contributed by atoms with Gasteiger partial charge in [-0.1, -0.05) is 0 Å². The predicted octanol–water partition coefficient (Wildman–Crippen LogP) is 0.547. The molecule has 0 saturated heterocycles. The molecular formula is C8H12N2O3. The molecule has 0 aliphatic carbocycles. The van der Waals surface area contributed by atoms with Crippen LogP contribution in [0.2, 0.25) is 0 Å². The minimum absolute atomic E-state index is 0.223. The standard InChI is InChI=1S/C8H12N2O3/c1-5(11)6-4-9-8(13-3)10-7(6)12-2/h4-5,11H,1-3H3. The zero-order chi connectivity index (χ0) is 9.84. The molecule has 72 valence electrons. The Labute approximate surface area is 76.4 Å². The van der Waals surface area contributed by atoms with Gasteiger partial charge in [-0.05, 0) is 6.92 Å². The first-order valence-corrected chi connectivity index (χ1v) is 3.82. The van der Waals surface area contributed by atoms with E-state index in [-0.39, 0.29) is 6.01 Å². The normalized spacial score (nSPS) is 12.3. The molecule has 1 aromatic heterocycles. The van der Waals surface area contributed by atoms with Crippen LogP contribution in [0.3, 0.4) is 0 Å². The highest BCUT2D eigenvalue weighted by molar-refractivity contribution is 5.26. The molecule has 1 N–H and O–H groups in total. The van der Waals surface area contributed by atoms with E-state index in [9.17, 15) is 5.11 Å². The molecule has 0 amide bonds. The van der Waals surface area contributed by atoms with Crippen LogP contribution in [0.25, 0.3) is 0 Å². The Bertz CT molecular complexity index is 289. The molecule has 13 heavy (non-hydrogen) atoms. The van der Waals surface area contributed by atoms with E-state index in [0.717, 1.165) is 0 Å². The van der Waals surface area contributed by atoms with Gasteiger partial charge in [0.15, 0.2) is 0 Å². The maximum absolute atomic E-state index is 9.30. The monoisotopic (exact) mass is 184 g/mol. The molecule has 0 aliphatic heterocycles. The lowest BCUT2D eigenvalue weighted by Gasteiger charge is -2.09. The largest absolute Gasteiger partial charge is 0.481 e. The summed E-state index contributed by atoms with van der Waals surface area (Å²) in [6.07, 6.45) is 0.829. The van der Waals surface area contributed by atoms with E-state index in [1.54, 1.807) is 6.92 Å². The number of aliphatic hydroxyl groups is 1. The molecule has 1 unspecified atom stereocenters. The first-order chi connectivity index (χ1) is 6.19. The average molecular weight is 184 g/mol. The van der Waals surface area contributed by atoms with Gasteiger partial charge in [0.05, 0.1) is 25.9 Å². The molecule has 5 heteroatoms. The van der Waals surface area contributed by atoms with Crippen LogP contribution in [0.1, 0.15) is 18.6 Å². The van der Waals surface area contributed by atoms with Gasteiger partial charge in [-0.25, -0.2) is 4.98 Å². The molecule has 0 radical (unpaired) electrons. The fourth-order valence-corrected chi connectivity index (χ4v) is 0.909. The third-order valence-corrected chi connectivity index (χ3v) is 1.58. The molecule has 0 aromatic carbocycles. The third kappa shape index (κ3) is 2.06. The van der Waals surface area contributed by atoms with Crippen LogP contribution in [-0.2, 0) is 0 Å². The van der Waals surface area contributed by atoms with E-state index in [1.165, 1.54) is 20.4 Å². The molecule has 1 heterocycles. The van der Waals surface area contributed by atoms with Crippen molar-refractivity contribution in [1.29, 1.82) is 0 Å². The van der Waals surface area contributed by atoms with E-state index < -0.39 is 6.10 Å². The number of ether oxygens (including phenoxy) is 2. The second-order valence-electron chi connectivity index (χ2n) is 2.50. The van der Waals surface area contributed by atoms with Crippen LogP contribution < -0.4 is 9.47 Å². The quantitative estimate of drug-likeness (QED) is 0.743. The number of rotatable bonds is 3. The van der Waals surface area contributed by atoms with Gasteiger partial charge in [0.2, 0.25) is 5.88 Å². The third-order valence-electron chi connectivity index (χ3n) is 1.58. The summed E-state index contributed by atoms with van der Waals surface area (Å²) in [4.78, 5) is 7.77. The number of aliphatic hydroxyl groups excluding tert-OH is 1. The summed E-state index contributed by atoms with van der Waals surface area (Å²) in [5.74, 6) is 0.335. The first kappa shape index (κ1) is 9.73. The Morgan fingerprint density at radius 3 is 2.54 bits per heavy atom. The van der Waals surface area contributed by atoms with Crippen LogP contribution in [0.5, 0.6) is 11.9 Å². The van der Waals surface area contributed by atoms with Crippen LogP contribution in [-0.4, -0.2) is 29.3 Å². The number of methoxy groups -OCH3 is 2. The van der Waals surface area contributed by atoms with E-state index in [0.29, 0.717) is 11.4 Å². The van der Waals surface area contributed by atoms with E-state index in [1.807, 2.05) is 0 Å². The zero-order valence-electron chi connectivity index (χ0n) is 7.81. The van der Waals surface area contributed by atoms with Gasteiger partial charge in [-0.15, -0.1) is 0 Å². The molecule has 0 spiro atoms. The average Bonchev–Trinajstić information content (AvgIpc) is 2.16. The van der Waals surface area contributed by atoms with E-state index in [2.05, 4.69) is 9.97 Å². The van der Waals surface area contributed by atoms with Gasteiger partial charge in [0.1, 0.15) is 0 Å². The zero-order valence-corrected chi connectivity index (χ0v) is 7.81. The van der Waals surface area contributed by atoms with Crippen molar-refractivity contribution < 1.29 is 14.6 Å². The number of aromatic nitrogens is 2. The molecule has 0 saturated carbocycles. The molecule has 1 rings (SSSR count). The first-order valence-electron chi connectivity index (χ1n) is 3.82. The molecule has 0 bridgehead atoms. The van der Waals surface area contributed by atoms with E-state index >= 15 is 0 Å². The van der Waals surface area contributed by atoms with Crippen molar-refractivity contribution in [1.82, 2.24) is 9.97 Å². The summed E-state index contributed by atoms with van der Waals surface area (Å²) < 4.78 is 9.77. The summed E-state index contributed by atoms with van der Waals surface area (Å²) >= 11 is 0. The number of hydrogen-bond acceptors (Lipinski definition) is 5. The van der Waals surface area contributed by atoms with Crippen molar-refractivity contribution in [3.63, 3.8) is 0 Å². The fourth-order valence-electron chi connectivity index (χ4n) is 0.909. The van der Waals surface area contributed by atoms with Crippen molar-refractivity contribution in [3.05, 3.63) is 11.8 Å². The molecular weight excluding hydrogens is 172 g/mol. The van der Waals surface area contributed by atoms with Gasteiger partial charge < -0.3 is 14.6 Å². The highest BCUT2D eigenvalue weighted by Gasteiger charge is 2.11. The Morgan fingerprint density at radius 1 is 1.38 bits per heavy atom. The van der Waals surface area contributed by atoms with Crippen LogP contribution in [0, 0.1) is 0 Å². The second-order valence-corrected chi connectivity index (χ2v) is 2.50. The van der Waals surface area contributed by atoms with Crippen molar-refractivity contribution in [2.45, 2.75) is 13.0 Å². The predicted molar refractivity (Wildman–Crippen MR) is 45.8 cm³/mol. The van der Waals surface area contributed by atoms with Crippen molar-refractivity contribution >= 4 is 0 Å². The maximum Gasteiger partial charge on any atom is 0.319 e. The second kappa shape index (κ2) is 4.04. The van der Waals surface area contributed by atoms with Crippen molar-refractivity contribution in [2.24, 2.45) is 0 Å². The SMILES string of the molecule is COc1ncc(C(C)O)c(OC)n1. The summed E-state index contributed by atoms with van der Waals surface area (Å²) in [7, 11) is 2.95. The van der Waals surface area contributed by atoms with Crippen LogP contribution >= 0.6 is 0 Å². The fraction of sp³-hybridized carbons (Fsp3) is 0.500. The lowest BCUT2D eigenvalue weighted by Crippen LogP contribution is -2.02. The minimum atomic E-state index is -0.652. The number of nitrogens with zero attached hydrogens (tertiary/aromatic N) is 2. The smallest absolute Gasteiger partial charge is 0.319 e. The molecule has 0 aliphatic rings. The molecule has 1 atom stereocenters. The highest BCUT2D eigenvalue weighted by Crippen LogP contribution is 2.22. The Kier molecular flexibility index (Phi) is 3.02. The lowest BCUT2D eigenvalue weighted by molar-refractivity contribution is 0.191. The topological polar surface area (TPSA) is 64.5 Å². The Hall–Kier alpha value is -1.36. The van der Waals surface area contributed by atoms with Gasteiger partial charge in [-0.3, -0.25) is 0 Å². The summed E-state index contributed by atoms with van der Waals surface area (Å²) in [5.41, 5.74) is 0.545. The van der Waals surface area contributed by atoms with Gasteiger partial charge >= 0.3 is 6.01 Å². The van der Waals surface area contributed by atoms with Crippen molar-refractivity contribution in [3.8, 4) is 11.9 Å². The van der Waals surface area contributed by atoms with Gasteiger partial charge in [0.25, 0.3) is 0 Å².